The summed E-state index contributed by atoms with van der Waals surface area (Å²) >= 11 is 0. The molecule has 0 aliphatic rings. The van der Waals surface area contributed by atoms with Gasteiger partial charge >= 0.3 is 11.9 Å². The fourth-order valence-corrected chi connectivity index (χ4v) is 0.907. The van der Waals surface area contributed by atoms with Crippen molar-refractivity contribution >= 4 is 11.9 Å². The summed E-state index contributed by atoms with van der Waals surface area (Å²) in [6, 6.07) is 0. The largest absolute Gasteiger partial charge is 0.478 e. The van der Waals surface area contributed by atoms with Crippen molar-refractivity contribution in [1.82, 2.24) is 0 Å². The van der Waals surface area contributed by atoms with Crippen molar-refractivity contribution in [3.05, 3.63) is 24.3 Å². The number of allylic oxidation sites excluding steroid dienone is 1. The Hall–Kier alpha value is -1.62. The van der Waals surface area contributed by atoms with E-state index in [0.29, 0.717) is 6.42 Å². The minimum absolute atomic E-state index is 0.0208. The van der Waals surface area contributed by atoms with Crippen LogP contribution in [0.3, 0.4) is 0 Å². The smallest absolute Gasteiger partial charge is 0.368 e. The van der Waals surface area contributed by atoms with Crippen molar-refractivity contribution in [2.45, 2.75) is 13.3 Å². The predicted octanol–water partition coefficient (Wildman–Crippen LogP) is 1.23. The molecule has 0 spiro atoms. The van der Waals surface area contributed by atoms with Crippen LogP contribution in [0.2, 0.25) is 0 Å². The van der Waals surface area contributed by atoms with E-state index in [1.54, 1.807) is 6.92 Å². The number of carbonyl (C=O) groups excluding carboxylic acids is 1. The highest BCUT2D eigenvalue weighted by atomic mass is 17.1. The first-order valence-corrected chi connectivity index (χ1v) is 3.98. The molecule has 0 aromatic rings. The molecule has 2 N–H and O–H groups in total. The van der Waals surface area contributed by atoms with Crippen molar-refractivity contribution < 1.29 is 24.8 Å². The number of carbonyl (C=O) groups is 2. The Bertz CT molecular complexity index is 266. The summed E-state index contributed by atoms with van der Waals surface area (Å²) in [5.74, 6) is -2.49. The van der Waals surface area contributed by atoms with Crippen LogP contribution in [-0.4, -0.2) is 22.3 Å². The molecule has 1 unspecified atom stereocenters. The van der Waals surface area contributed by atoms with Crippen LogP contribution in [0.1, 0.15) is 13.3 Å². The maximum absolute atomic E-state index is 10.8. The molecular weight excluding hydrogens is 188 g/mol. The van der Waals surface area contributed by atoms with Crippen molar-refractivity contribution in [2.24, 2.45) is 5.92 Å². The van der Waals surface area contributed by atoms with Crippen molar-refractivity contribution in [3.63, 3.8) is 0 Å². The van der Waals surface area contributed by atoms with Crippen LogP contribution in [0.5, 0.6) is 0 Å². The maximum atomic E-state index is 10.8. The average Bonchev–Trinajstić information content (AvgIpc) is 2.16. The highest BCUT2D eigenvalue weighted by Gasteiger charge is 2.16. The molecule has 0 radical (unpaired) electrons. The average molecular weight is 200 g/mol. The van der Waals surface area contributed by atoms with E-state index in [-0.39, 0.29) is 5.57 Å². The molecule has 1 atom stereocenters. The van der Waals surface area contributed by atoms with E-state index in [4.69, 9.17) is 10.4 Å². The summed E-state index contributed by atoms with van der Waals surface area (Å²) in [6.45, 7) is 5.15. The first-order valence-electron chi connectivity index (χ1n) is 3.98. The first kappa shape index (κ1) is 12.4. The van der Waals surface area contributed by atoms with E-state index < -0.39 is 17.9 Å². The van der Waals surface area contributed by atoms with E-state index >= 15 is 0 Å². The van der Waals surface area contributed by atoms with Crippen molar-refractivity contribution in [2.75, 3.05) is 0 Å². The van der Waals surface area contributed by atoms with E-state index in [1.807, 2.05) is 0 Å². The molecule has 5 heteroatoms. The molecule has 0 fully saturated rings. The van der Waals surface area contributed by atoms with Gasteiger partial charge in [0.15, 0.2) is 0 Å². The van der Waals surface area contributed by atoms with Crippen LogP contribution >= 0.6 is 0 Å². The van der Waals surface area contributed by atoms with E-state index in [2.05, 4.69) is 11.5 Å². The lowest BCUT2D eigenvalue weighted by atomic mass is 9.97. The molecule has 0 saturated heterocycles. The van der Waals surface area contributed by atoms with Crippen LogP contribution in [0.15, 0.2) is 24.3 Å². The van der Waals surface area contributed by atoms with Gasteiger partial charge in [0.25, 0.3) is 0 Å². The number of aliphatic carboxylic acids is 1. The Morgan fingerprint density at radius 1 is 1.57 bits per heavy atom. The normalized spacial score (nSPS) is 12.4. The van der Waals surface area contributed by atoms with Gasteiger partial charge in [0, 0.05) is 17.6 Å². The number of carboxylic acid groups (broad SMARTS) is 1. The highest BCUT2D eigenvalue weighted by molar-refractivity contribution is 5.88. The lowest BCUT2D eigenvalue weighted by Crippen LogP contribution is -2.12. The fraction of sp³-hybridized carbons (Fsp3) is 0.333. The third-order valence-electron chi connectivity index (χ3n) is 1.70. The van der Waals surface area contributed by atoms with Gasteiger partial charge in [-0.1, -0.05) is 19.6 Å². The molecule has 0 amide bonds. The SMILES string of the molecule is C=C(C(=O)OO)C(C=CC(=O)O)CC. The minimum Gasteiger partial charge on any atom is -0.478 e. The van der Waals surface area contributed by atoms with Gasteiger partial charge in [-0.05, 0) is 6.42 Å². The third kappa shape index (κ3) is 3.86. The number of hydrogen-bond acceptors (Lipinski definition) is 4. The van der Waals surface area contributed by atoms with Crippen LogP contribution < -0.4 is 0 Å². The molecule has 14 heavy (non-hydrogen) atoms. The molecule has 0 aliphatic heterocycles. The first-order chi connectivity index (χ1) is 6.52. The van der Waals surface area contributed by atoms with E-state index in [1.165, 1.54) is 6.08 Å². The lowest BCUT2D eigenvalue weighted by molar-refractivity contribution is -0.229. The van der Waals surface area contributed by atoms with Gasteiger partial charge in [0.1, 0.15) is 0 Å². The third-order valence-corrected chi connectivity index (χ3v) is 1.70. The Morgan fingerprint density at radius 3 is 2.50 bits per heavy atom. The van der Waals surface area contributed by atoms with Gasteiger partial charge in [-0.3, -0.25) is 4.89 Å². The molecular formula is C9H12O5. The molecule has 0 aliphatic carbocycles. The quantitative estimate of drug-likeness (QED) is 0.396. The molecule has 5 nitrogen and oxygen atoms in total. The summed E-state index contributed by atoms with van der Waals surface area (Å²) in [5, 5.41) is 16.4. The van der Waals surface area contributed by atoms with E-state index in [0.717, 1.165) is 6.08 Å². The Labute approximate surface area is 81.2 Å². The summed E-state index contributed by atoms with van der Waals surface area (Å²) in [7, 11) is 0. The van der Waals surface area contributed by atoms with Crippen molar-refractivity contribution in [3.8, 4) is 0 Å². The van der Waals surface area contributed by atoms with Gasteiger partial charge in [0.05, 0.1) is 0 Å². The van der Waals surface area contributed by atoms with Gasteiger partial charge in [0.2, 0.25) is 0 Å². The molecule has 0 heterocycles. The molecule has 0 saturated carbocycles. The Balaban J connectivity index is 4.49. The zero-order chi connectivity index (χ0) is 11.1. The molecule has 0 aromatic carbocycles. The second-order valence-corrected chi connectivity index (χ2v) is 2.62. The number of carboxylic acids is 1. The monoisotopic (exact) mass is 200 g/mol. The zero-order valence-electron chi connectivity index (χ0n) is 7.77. The highest BCUT2D eigenvalue weighted by Crippen LogP contribution is 2.15. The summed E-state index contributed by atoms with van der Waals surface area (Å²) in [6.07, 6.45) is 2.74. The topological polar surface area (TPSA) is 83.8 Å². The number of hydrogen-bond donors (Lipinski definition) is 2. The van der Waals surface area contributed by atoms with Crippen molar-refractivity contribution in [1.29, 1.82) is 0 Å². The second kappa shape index (κ2) is 5.93. The van der Waals surface area contributed by atoms with Crippen LogP contribution in [-0.2, 0) is 14.5 Å². The molecule has 0 rings (SSSR count). The number of rotatable bonds is 5. The summed E-state index contributed by atoms with van der Waals surface area (Å²) in [5.41, 5.74) is 0.0208. The molecule has 0 aromatic heterocycles. The van der Waals surface area contributed by atoms with Crippen LogP contribution in [0.4, 0.5) is 0 Å². The standard InChI is InChI=1S/C9H12O5/c1-3-7(4-5-8(10)11)6(2)9(12)14-13/h4-5,7,13H,2-3H2,1H3,(H,10,11). The zero-order valence-corrected chi connectivity index (χ0v) is 7.77. The predicted molar refractivity (Wildman–Crippen MR) is 48.4 cm³/mol. The Kier molecular flexibility index (Phi) is 5.24. The lowest BCUT2D eigenvalue weighted by Gasteiger charge is -2.09. The Morgan fingerprint density at radius 2 is 2.14 bits per heavy atom. The summed E-state index contributed by atoms with van der Waals surface area (Å²) in [4.78, 5) is 24.5. The summed E-state index contributed by atoms with van der Waals surface area (Å²) < 4.78 is 0. The second-order valence-electron chi connectivity index (χ2n) is 2.62. The van der Waals surface area contributed by atoms with Gasteiger partial charge in [-0.2, -0.15) is 5.26 Å². The van der Waals surface area contributed by atoms with E-state index in [9.17, 15) is 9.59 Å². The van der Waals surface area contributed by atoms with Gasteiger partial charge in [-0.15, -0.1) is 0 Å². The van der Waals surface area contributed by atoms with Gasteiger partial charge < -0.3 is 5.11 Å². The maximum Gasteiger partial charge on any atom is 0.368 e. The minimum atomic E-state index is -1.10. The van der Waals surface area contributed by atoms with Gasteiger partial charge in [-0.25, -0.2) is 9.59 Å². The molecule has 78 valence electrons. The van der Waals surface area contributed by atoms with Crippen LogP contribution in [0.25, 0.3) is 0 Å². The van der Waals surface area contributed by atoms with Crippen LogP contribution in [0, 0.1) is 5.92 Å². The molecule has 0 bridgehead atoms. The fourth-order valence-electron chi connectivity index (χ4n) is 0.907.